The summed E-state index contributed by atoms with van der Waals surface area (Å²) in [5.41, 5.74) is 0.277. The van der Waals surface area contributed by atoms with Crippen LogP contribution in [0.1, 0.15) is 10.4 Å². The molecule has 0 atom stereocenters. The van der Waals surface area contributed by atoms with E-state index in [2.05, 4.69) is 0 Å². The summed E-state index contributed by atoms with van der Waals surface area (Å²) in [5, 5.41) is 11.1. The minimum absolute atomic E-state index is 0.175. The first-order chi connectivity index (χ1) is 12.0. The van der Waals surface area contributed by atoms with Crippen LogP contribution in [0.5, 0.6) is 0 Å². The molecule has 0 radical (unpaired) electrons. The number of hydrogen-bond donors (Lipinski definition) is 0. The van der Waals surface area contributed by atoms with Crippen LogP contribution in [0.15, 0.2) is 42.5 Å². The molecule has 0 spiro atoms. The van der Waals surface area contributed by atoms with Gasteiger partial charge in [-0.05, 0) is 24.3 Å². The summed E-state index contributed by atoms with van der Waals surface area (Å²) in [6, 6.07) is 8.75. The standard InChI is InChI=1S/C17H15F2N3O3/c18-13-3-1-2-12(10-13)17(23)21-8-6-20(7-9-21)16-11-14(19)4-5-15(16)22(24)25/h1-5,10-11H,6-9H2. The first kappa shape index (κ1) is 16.8. The van der Waals surface area contributed by atoms with E-state index >= 15 is 0 Å². The Kier molecular flexibility index (Phi) is 4.60. The Balaban J connectivity index is 1.73. The van der Waals surface area contributed by atoms with E-state index < -0.39 is 16.6 Å². The average molecular weight is 347 g/mol. The summed E-state index contributed by atoms with van der Waals surface area (Å²) in [4.78, 5) is 26.2. The van der Waals surface area contributed by atoms with E-state index in [1.54, 1.807) is 9.80 Å². The van der Waals surface area contributed by atoms with Crippen LogP contribution in [0.25, 0.3) is 0 Å². The van der Waals surface area contributed by atoms with Gasteiger partial charge >= 0.3 is 0 Å². The Morgan fingerprint density at radius 2 is 1.68 bits per heavy atom. The normalized spacial score (nSPS) is 14.5. The zero-order valence-corrected chi connectivity index (χ0v) is 13.2. The number of halogens is 2. The molecule has 0 saturated carbocycles. The van der Waals surface area contributed by atoms with Gasteiger partial charge in [-0.15, -0.1) is 0 Å². The van der Waals surface area contributed by atoms with E-state index in [-0.39, 0.29) is 22.8 Å². The van der Waals surface area contributed by atoms with Crippen molar-refractivity contribution in [2.24, 2.45) is 0 Å². The average Bonchev–Trinajstić information content (AvgIpc) is 2.61. The smallest absolute Gasteiger partial charge is 0.292 e. The van der Waals surface area contributed by atoms with Crippen molar-refractivity contribution in [3.8, 4) is 0 Å². The van der Waals surface area contributed by atoms with Crippen molar-refractivity contribution in [3.05, 3.63) is 69.8 Å². The van der Waals surface area contributed by atoms with Gasteiger partial charge in [-0.1, -0.05) is 6.07 Å². The lowest BCUT2D eigenvalue weighted by molar-refractivity contribution is -0.384. The quantitative estimate of drug-likeness (QED) is 0.633. The van der Waals surface area contributed by atoms with E-state index in [0.717, 1.165) is 18.2 Å². The number of benzene rings is 2. The third kappa shape index (κ3) is 3.57. The van der Waals surface area contributed by atoms with Crippen molar-refractivity contribution in [2.45, 2.75) is 0 Å². The first-order valence-corrected chi connectivity index (χ1v) is 7.69. The van der Waals surface area contributed by atoms with Crippen molar-refractivity contribution in [3.63, 3.8) is 0 Å². The summed E-state index contributed by atoms with van der Waals surface area (Å²) < 4.78 is 26.7. The van der Waals surface area contributed by atoms with Crippen LogP contribution < -0.4 is 4.90 Å². The van der Waals surface area contributed by atoms with Crippen LogP contribution >= 0.6 is 0 Å². The molecule has 130 valence electrons. The maximum atomic E-state index is 13.5. The summed E-state index contributed by atoms with van der Waals surface area (Å²) in [5.74, 6) is -1.34. The second-order valence-corrected chi connectivity index (χ2v) is 5.68. The van der Waals surface area contributed by atoms with Crippen molar-refractivity contribution in [2.75, 3.05) is 31.1 Å². The van der Waals surface area contributed by atoms with E-state index in [1.807, 2.05) is 0 Å². The van der Waals surface area contributed by atoms with E-state index in [4.69, 9.17) is 0 Å². The maximum absolute atomic E-state index is 13.5. The number of nitro groups is 1. The number of piperazine rings is 1. The lowest BCUT2D eigenvalue weighted by Crippen LogP contribution is -2.49. The first-order valence-electron chi connectivity index (χ1n) is 7.69. The molecule has 0 N–H and O–H groups in total. The third-order valence-corrected chi connectivity index (χ3v) is 4.11. The topological polar surface area (TPSA) is 66.7 Å². The number of hydrogen-bond acceptors (Lipinski definition) is 4. The van der Waals surface area contributed by atoms with Crippen molar-refractivity contribution in [1.82, 2.24) is 4.90 Å². The van der Waals surface area contributed by atoms with Gasteiger partial charge in [-0.2, -0.15) is 0 Å². The Hall–Kier alpha value is -3.03. The molecule has 1 heterocycles. The van der Waals surface area contributed by atoms with Gasteiger partial charge in [-0.25, -0.2) is 8.78 Å². The Morgan fingerprint density at radius 3 is 2.32 bits per heavy atom. The molecule has 25 heavy (non-hydrogen) atoms. The molecular weight excluding hydrogens is 332 g/mol. The molecule has 3 rings (SSSR count). The summed E-state index contributed by atoms with van der Waals surface area (Å²) in [7, 11) is 0. The van der Waals surface area contributed by atoms with Crippen molar-refractivity contribution in [1.29, 1.82) is 0 Å². The molecule has 0 bridgehead atoms. The van der Waals surface area contributed by atoms with Crippen LogP contribution in [0.4, 0.5) is 20.2 Å². The highest BCUT2D eigenvalue weighted by Gasteiger charge is 2.26. The van der Waals surface area contributed by atoms with Crippen LogP contribution in [0.3, 0.4) is 0 Å². The fourth-order valence-corrected chi connectivity index (χ4v) is 2.86. The molecule has 0 unspecified atom stereocenters. The number of rotatable bonds is 3. The van der Waals surface area contributed by atoms with Gasteiger partial charge in [0.25, 0.3) is 11.6 Å². The van der Waals surface area contributed by atoms with Crippen LogP contribution in [-0.4, -0.2) is 41.9 Å². The van der Waals surface area contributed by atoms with Gasteiger partial charge in [0.05, 0.1) is 4.92 Å². The molecule has 6 nitrogen and oxygen atoms in total. The van der Waals surface area contributed by atoms with Gasteiger partial charge in [0, 0.05) is 43.9 Å². The number of nitro benzene ring substituents is 1. The SMILES string of the molecule is O=C(c1cccc(F)c1)N1CCN(c2cc(F)ccc2[N+](=O)[O-])CC1. The van der Waals surface area contributed by atoms with Crippen LogP contribution in [0, 0.1) is 21.7 Å². The monoisotopic (exact) mass is 347 g/mol. The van der Waals surface area contributed by atoms with E-state index in [0.29, 0.717) is 26.2 Å². The summed E-state index contributed by atoms with van der Waals surface area (Å²) in [6.07, 6.45) is 0. The molecule has 8 heteroatoms. The second kappa shape index (κ2) is 6.84. The molecule has 0 aromatic heterocycles. The Morgan fingerprint density at radius 1 is 1.00 bits per heavy atom. The summed E-state index contributed by atoms with van der Waals surface area (Å²) >= 11 is 0. The Bertz CT molecular complexity index is 821. The van der Waals surface area contributed by atoms with Crippen LogP contribution in [-0.2, 0) is 0 Å². The molecule has 2 aromatic carbocycles. The third-order valence-electron chi connectivity index (χ3n) is 4.11. The van der Waals surface area contributed by atoms with E-state index in [9.17, 15) is 23.7 Å². The number of nitrogens with zero attached hydrogens (tertiary/aromatic N) is 3. The highest BCUT2D eigenvalue weighted by atomic mass is 19.1. The number of carbonyl (C=O) groups excluding carboxylic acids is 1. The van der Waals surface area contributed by atoms with Gasteiger partial charge in [0.1, 0.15) is 17.3 Å². The highest BCUT2D eigenvalue weighted by molar-refractivity contribution is 5.94. The van der Waals surface area contributed by atoms with E-state index in [1.165, 1.54) is 24.3 Å². The number of amides is 1. The predicted molar refractivity (Wildman–Crippen MR) is 87.6 cm³/mol. The highest BCUT2D eigenvalue weighted by Crippen LogP contribution is 2.29. The minimum atomic E-state index is -0.557. The maximum Gasteiger partial charge on any atom is 0.292 e. The molecule has 2 aromatic rings. The number of carbonyl (C=O) groups is 1. The largest absolute Gasteiger partial charge is 0.362 e. The lowest BCUT2D eigenvalue weighted by Gasteiger charge is -2.35. The molecular formula is C17H15F2N3O3. The zero-order valence-electron chi connectivity index (χ0n) is 13.2. The zero-order chi connectivity index (χ0) is 18.0. The molecule has 1 aliphatic rings. The lowest BCUT2D eigenvalue weighted by atomic mass is 10.1. The fourth-order valence-electron chi connectivity index (χ4n) is 2.86. The molecule has 1 fully saturated rings. The second-order valence-electron chi connectivity index (χ2n) is 5.68. The van der Waals surface area contributed by atoms with Gasteiger partial charge < -0.3 is 9.80 Å². The fraction of sp³-hybridized carbons (Fsp3) is 0.235. The molecule has 0 aliphatic carbocycles. The molecule has 1 saturated heterocycles. The van der Waals surface area contributed by atoms with Crippen molar-refractivity contribution < 1.29 is 18.5 Å². The number of anilines is 1. The molecule has 1 aliphatic heterocycles. The van der Waals surface area contributed by atoms with Gasteiger partial charge in [-0.3, -0.25) is 14.9 Å². The summed E-state index contributed by atoms with van der Waals surface area (Å²) in [6.45, 7) is 1.27. The van der Waals surface area contributed by atoms with Gasteiger partial charge in [0.15, 0.2) is 0 Å². The van der Waals surface area contributed by atoms with Crippen LogP contribution in [0.2, 0.25) is 0 Å². The molecule has 1 amide bonds. The predicted octanol–water partition coefficient (Wildman–Crippen LogP) is 2.84. The Labute approximate surface area is 142 Å². The van der Waals surface area contributed by atoms with Crippen molar-refractivity contribution >= 4 is 17.3 Å². The minimum Gasteiger partial charge on any atom is -0.362 e. The van der Waals surface area contributed by atoms with Gasteiger partial charge in [0.2, 0.25) is 0 Å².